The first-order valence-corrected chi connectivity index (χ1v) is 10.7. The van der Waals surface area contributed by atoms with E-state index < -0.39 is 0 Å². The molecule has 0 aliphatic carbocycles. The zero-order chi connectivity index (χ0) is 20.8. The predicted octanol–water partition coefficient (Wildman–Crippen LogP) is 4.38. The normalized spacial score (nSPS) is 14.7. The maximum absolute atomic E-state index is 11.9. The van der Waals surface area contributed by atoms with E-state index in [4.69, 9.17) is 10.7 Å². The van der Waals surface area contributed by atoms with E-state index in [1.807, 2.05) is 23.2 Å². The first-order chi connectivity index (χ1) is 14.6. The third kappa shape index (κ3) is 3.52. The highest BCUT2D eigenvalue weighted by Crippen LogP contribution is 2.36. The van der Waals surface area contributed by atoms with Crippen LogP contribution in [0, 0.1) is 0 Å². The molecule has 0 unspecified atom stereocenters. The van der Waals surface area contributed by atoms with Gasteiger partial charge in [0.25, 0.3) is 0 Å². The van der Waals surface area contributed by atoms with E-state index in [-0.39, 0.29) is 19.4 Å². The molecule has 31 heavy (non-hydrogen) atoms. The molecule has 1 aliphatic heterocycles. The van der Waals surface area contributed by atoms with Gasteiger partial charge in [0.2, 0.25) is 0 Å². The summed E-state index contributed by atoms with van der Waals surface area (Å²) >= 11 is 3.61. The Morgan fingerprint density at radius 2 is 2.10 bits per heavy atom. The van der Waals surface area contributed by atoms with Gasteiger partial charge in [0.05, 0.1) is 11.2 Å². The van der Waals surface area contributed by atoms with Crippen LogP contribution < -0.4 is 11.1 Å². The Morgan fingerprint density at radius 3 is 2.81 bits per heavy atom. The van der Waals surface area contributed by atoms with Crippen LogP contribution in [0.25, 0.3) is 27.8 Å². The van der Waals surface area contributed by atoms with E-state index in [2.05, 4.69) is 47.7 Å². The number of carbonyl (C=O) groups excluding carboxylic acids is 1. The second kappa shape index (κ2) is 8.22. The molecule has 2 amide bonds. The van der Waals surface area contributed by atoms with Gasteiger partial charge in [0.15, 0.2) is 0 Å². The summed E-state index contributed by atoms with van der Waals surface area (Å²) in [4.78, 5) is 26.6. The standard InChI is InChI=1S/C21H22BrN7O.CH4/c1-24-21(30)28-8-5-12(6-9-28)20-27-17(18-19(23)25-7-10-29(18)20)15-11-13-3-2-4-14(22)16(13)26-15;/h2-4,7,10-12,26H,5-6,8-9H2,1H3,(H2,23,25)(H,24,30);1H4. The molecule has 1 aliphatic rings. The number of urea groups is 1. The maximum atomic E-state index is 11.9. The van der Waals surface area contributed by atoms with Crippen molar-refractivity contribution in [3.05, 3.63) is 47.0 Å². The molecule has 0 bridgehead atoms. The number of hydrogen-bond acceptors (Lipinski definition) is 4. The fraction of sp³-hybridized carbons (Fsp3) is 0.318. The number of aromatic nitrogens is 4. The van der Waals surface area contributed by atoms with Gasteiger partial charge in [0.1, 0.15) is 22.9 Å². The number of likely N-dealkylation sites (tertiary alicyclic amines) is 1. The minimum absolute atomic E-state index is 0. The maximum Gasteiger partial charge on any atom is 0.317 e. The smallest absolute Gasteiger partial charge is 0.317 e. The van der Waals surface area contributed by atoms with Crippen LogP contribution >= 0.6 is 15.9 Å². The Balaban J connectivity index is 0.00000231. The van der Waals surface area contributed by atoms with Gasteiger partial charge in [-0.1, -0.05) is 19.6 Å². The van der Waals surface area contributed by atoms with Crippen LogP contribution in [0.15, 0.2) is 41.1 Å². The number of nitrogens with two attached hydrogens (primary N) is 1. The lowest BCUT2D eigenvalue weighted by atomic mass is 9.96. The largest absolute Gasteiger partial charge is 0.382 e. The van der Waals surface area contributed by atoms with Crippen LogP contribution in [-0.4, -0.2) is 50.4 Å². The quantitative estimate of drug-likeness (QED) is 0.393. The summed E-state index contributed by atoms with van der Waals surface area (Å²) in [5, 5.41) is 3.80. The molecular weight excluding hydrogens is 458 g/mol. The first-order valence-electron chi connectivity index (χ1n) is 9.93. The number of fused-ring (bicyclic) bond motifs is 2. The molecule has 9 heteroatoms. The molecule has 1 fully saturated rings. The van der Waals surface area contributed by atoms with Crippen molar-refractivity contribution in [2.45, 2.75) is 26.2 Å². The van der Waals surface area contributed by atoms with Gasteiger partial charge >= 0.3 is 6.03 Å². The van der Waals surface area contributed by atoms with E-state index in [0.717, 1.165) is 50.9 Å². The van der Waals surface area contributed by atoms with Crippen molar-refractivity contribution >= 4 is 44.2 Å². The van der Waals surface area contributed by atoms with Crippen molar-refractivity contribution in [2.75, 3.05) is 25.9 Å². The van der Waals surface area contributed by atoms with E-state index in [9.17, 15) is 4.79 Å². The van der Waals surface area contributed by atoms with E-state index >= 15 is 0 Å². The minimum atomic E-state index is -0.0285. The lowest BCUT2D eigenvalue weighted by Crippen LogP contribution is -2.42. The molecular formula is C22H26BrN7O. The van der Waals surface area contributed by atoms with Gasteiger partial charge in [-0.15, -0.1) is 0 Å². The fourth-order valence-corrected chi connectivity index (χ4v) is 4.79. The Morgan fingerprint density at radius 1 is 1.32 bits per heavy atom. The Kier molecular flexibility index (Phi) is 5.62. The minimum Gasteiger partial charge on any atom is -0.382 e. The molecule has 3 aromatic heterocycles. The van der Waals surface area contributed by atoms with E-state index in [0.29, 0.717) is 18.9 Å². The van der Waals surface area contributed by atoms with Gasteiger partial charge in [0, 0.05) is 48.3 Å². The predicted molar refractivity (Wildman–Crippen MR) is 127 cm³/mol. The molecule has 4 heterocycles. The molecule has 5 rings (SSSR count). The van der Waals surface area contributed by atoms with Gasteiger partial charge < -0.3 is 20.9 Å². The molecule has 4 aromatic rings. The number of aromatic amines is 1. The number of anilines is 1. The average Bonchev–Trinajstić information content (AvgIpc) is 3.37. The number of nitrogens with one attached hydrogen (secondary N) is 2. The second-order valence-corrected chi connectivity index (χ2v) is 8.41. The highest BCUT2D eigenvalue weighted by atomic mass is 79.9. The van der Waals surface area contributed by atoms with Crippen LogP contribution in [0.4, 0.5) is 10.6 Å². The second-order valence-electron chi connectivity index (χ2n) is 7.55. The zero-order valence-corrected chi connectivity index (χ0v) is 18.1. The number of rotatable bonds is 2. The number of nitrogen functional groups attached to an aromatic ring is 1. The number of piperidine rings is 1. The number of amides is 2. The molecule has 4 N–H and O–H groups in total. The molecule has 0 radical (unpaired) electrons. The molecule has 8 nitrogen and oxygen atoms in total. The summed E-state index contributed by atoms with van der Waals surface area (Å²) in [6.07, 6.45) is 5.33. The lowest BCUT2D eigenvalue weighted by molar-refractivity contribution is 0.182. The Hall–Kier alpha value is -3.07. The van der Waals surface area contributed by atoms with Crippen LogP contribution in [0.1, 0.15) is 32.0 Å². The number of nitrogens with zero attached hydrogens (tertiary/aromatic N) is 4. The number of benzene rings is 1. The van der Waals surface area contributed by atoms with Crippen molar-refractivity contribution in [3.63, 3.8) is 0 Å². The molecule has 0 atom stereocenters. The van der Waals surface area contributed by atoms with Crippen LogP contribution in [-0.2, 0) is 0 Å². The van der Waals surface area contributed by atoms with Crippen LogP contribution in [0.2, 0.25) is 0 Å². The highest BCUT2D eigenvalue weighted by molar-refractivity contribution is 9.10. The van der Waals surface area contributed by atoms with E-state index in [1.165, 1.54) is 0 Å². The average molecular weight is 484 g/mol. The molecule has 1 saturated heterocycles. The summed E-state index contributed by atoms with van der Waals surface area (Å²) in [5.41, 5.74) is 9.82. The van der Waals surface area contributed by atoms with Crippen molar-refractivity contribution in [2.24, 2.45) is 0 Å². The Labute approximate surface area is 189 Å². The number of hydrogen-bond donors (Lipinski definition) is 3. The molecule has 1 aromatic carbocycles. The van der Waals surface area contributed by atoms with Crippen LogP contribution in [0.5, 0.6) is 0 Å². The molecule has 0 saturated carbocycles. The number of imidazole rings is 1. The summed E-state index contributed by atoms with van der Waals surface area (Å²) in [7, 11) is 1.66. The summed E-state index contributed by atoms with van der Waals surface area (Å²) in [6.45, 7) is 1.41. The van der Waals surface area contributed by atoms with Crippen molar-refractivity contribution in [1.29, 1.82) is 0 Å². The third-order valence-corrected chi connectivity index (χ3v) is 6.49. The summed E-state index contributed by atoms with van der Waals surface area (Å²) in [5.74, 6) is 1.65. The zero-order valence-electron chi connectivity index (χ0n) is 16.5. The van der Waals surface area contributed by atoms with E-state index in [1.54, 1.807) is 13.2 Å². The number of carbonyl (C=O) groups is 1. The number of para-hydroxylation sites is 1. The van der Waals surface area contributed by atoms with Gasteiger partial charge in [-0.3, -0.25) is 4.40 Å². The monoisotopic (exact) mass is 483 g/mol. The molecule has 162 valence electrons. The van der Waals surface area contributed by atoms with Crippen molar-refractivity contribution < 1.29 is 4.79 Å². The van der Waals surface area contributed by atoms with Gasteiger partial charge in [-0.25, -0.2) is 14.8 Å². The SMILES string of the molecule is C.CNC(=O)N1CCC(c2nc(-c3cc4cccc(Br)c4[nH]3)c3c(N)nccn23)CC1. The molecule has 0 spiro atoms. The van der Waals surface area contributed by atoms with Crippen LogP contribution in [0.3, 0.4) is 0 Å². The van der Waals surface area contributed by atoms with Gasteiger partial charge in [-0.05, 0) is 40.9 Å². The summed E-state index contributed by atoms with van der Waals surface area (Å²) in [6, 6.07) is 8.15. The fourth-order valence-electron chi connectivity index (χ4n) is 4.31. The topological polar surface area (TPSA) is 104 Å². The van der Waals surface area contributed by atoms with Crippen molar-refractivity contribution in [1.82, 2.24) is 29.6 Å². The lowest BCUT2D eigenvalue weighted by Gasteiger charge is -2.31. The third-order valence-electron chi connectivity index (χ3n) is 5.83. The Bertz CT molecular complexity index is 1250. The summed E-state index contributed by atoms with van der Waals surface area (Å²) < 4.78 is 3.06. The highest BCUT2D eigenvalue weighted by Gasteiger charge is 2.28. The van der Waals surface area contributed by atoms with Crippen molar-refractivity contribution in [3.8, 4) is 11.4 Å². The first kappa shape index (κ1) is 21.2. The number of halogens is 1. The van der Waals surface area contributed by atoms with Gasteiger partial charge in [-0.2, -0.15) is 0 Å². The number of H-pyrrole nitrogens is 1.